The van der Waals surface area contributed by atoms with Gasteiger partial charge in [0.25, 0.3) is 0 Å². The van der Waals surface area contributed by atoms with Crippen LogP contribution in [0.4, 0.5) is 0 Å². The van der Waals surface area contributed by atoms with Gasteiger partial charge in [0, 0.05) is 19.8 Å². The molecule has 0 amide bonds. The number of methoxy groups -OCH3 is 2. The Kier molecular flexibility index (Phi) is 8.21. The Morgan fingerprint density at radius 2 is 1.68 bits per heavy atom. The van der Waals surface area contributed by atoms with Crippen molar-refractivity contribution in [2.45, 2.75) is 20.0 Å². The molecule has 1 aromatic rings. The zero-order valence-corrected chi connectivity index (χ0v) is 12.1. The van der Waals surface area contributed by atoms with Crippen molar-refractivity contribution >= 4 is 0 Å². The predicted octanol–water partition coefficient (Wildman–Crippen LogP) is 2.44. The summed E-state index contributed by atoms with van der Waals surface area (Å²) in [6.07, 6.45) is 0.992. The highest BCUT2D eigenvalue weighted by Crippen LogP contribution is 2.22. The molecule has 4 heteroatoms. The van der Waals surface area contributed by atoms with E-state index in [2.05, 4.69) is 25.1 Å². The average Bonchev–Trinajstić information content (AvgIpc) is 2.45. The Morgan fingerprint density at radius 1 is 0.947 bits per heavy atom. The Labute approximate surface area is 115 Å². The van der Waals surface area contributed by atoms with Crippen LogP contribution in [0, 0.1) is 0 Å². The highest BCUT2D eigenvalue weighted by Gasteiger charge is 2.05. The molecular formula is C15H24O4. The standard InChI is InChI=1S/C15H24O4/c1-4-13-5-6-14(12-18-9-7-16-2)15(11-13)19-10-8-17-3/h5-6,11H,4,7-10,12H2,1-3H3. The number of ether oxygens (including phenoxy) is 4. The van der Waals surface area contributed by atoms with E-state index in [1.165, 1.54) is 5.56 Å². The smallest absolute Gasteiger partial charge is 0.125 e. The molecule has 1 rings (SSSR count). The zero-order valence-electron chi connectivity index (χ0n) is 12.1. The van der Waals surface area contributed by atoms with E-state index in [-0.39, 0.29) is 0 Å². The van der Waals surface area contributed by atoms with Crippen LogP contribution in [0.3, 0.4) is 0 Å². The fourth-order valence-electron chi connectivity index (χ4n) is 1.63. The fraction of sp³-hybridized carbons (Fsp3) is 0.600. The summed E-state index contributed by atoms with van der Waals surface area (Å²) >= 11 is 0. The van der Waals surface area contributed by atoms with Gasteiger partial charge in [-0.2, -0.15) is 0 Å². The summed E-state index contributed by atoms with van der Waals surface area (Å²) in [6.45, 7) is 4.99. The Hall–Kier alpha value is -1.10. The third-order valence-corrected chi connectivity index (χ3v) is 2.77. The first kappa shape index (κ1) is 16.0. The SMILES string of the molecule is CCc1ccc(COCCOC)c(OCCOC)c1. The molecule has 0 fully saturated rings. The average molecular weight is 268 g/mol. The van der Waals surface area contributed by atoms with Crippen LogP contribution in [0.1, 0.15) is 18.1 Å². The second-order valence-corrected chi connectivity index (χ2v) is 4.18. The van der Waals surface area contributed by atoms with Gasteiger partial charge in [0.15, 0.2) is 0 Å². The minimum Gasteiger partial charge on any atom is -0.491 e. The molecule has 0 N–H and O–H groups in total. The van der Waals surface area contributed by atoms with Crippen molar-refractivity contribution in [3.05, 3.63) is 29.3 Å². The minimum absolute atomic E-state index is 0.537. The lowest BCUT2D eigenvalue weighted by atomic mass is 10.1. The summed E-state index contributed by atoms with van der Waals surface area (Å²) in [7, 11) is 3.33. The quantitative estimate of drug-likeness (QED) is 0.611. The van der Waals surface area contributed by atoms with Crippen LogP contribution in [-0.4, -0.2) is 40.6 Å². The molecule has 0 aliphatic rings. The van der Waals surface area contributed by atoms with Crippen LogP contribution in [0.5, 0.6) is 5.75 Å². The molecule has 0 bridgehead atoms. The summed E-state index contributed by atoms with van der Waals surface area (Å²) in [5.74, 6) is 0.883. The van der Waals surface area contributed by atoms with Crippen LogP contribution < -0.4 is 4.74 Å². The molecule has 0 unspecified atom stereocenters. The van der Waals surface area contributed by atoms with E-state index >= 15 is 0 Å². The summed E-state index contributed by atoms with van der Waals surface area (Å²) in [6, 6.07) is 6.25. The van der Waals surface area contributed by atoms with Crippen molar-refractivity contribution in [2.75, 3.05) is 40.6 Å². The van der Waals surface area contributed by atoms with E-state index in [1.54, 1.807) is 14.2 Å². The molecule has 0 saturated heterocycles. The van der Waals surface area contributed by atoms with Gasteiger partial charge in [-0.25, -0.2) is 0 Å². The monoisotopic (exact) mass is 268 g/mol. The predicted molar refractivity (Wildman–Crippen MR) is 74.7 cm³/mol. The molecule has 0 heterocycles. The van der Waals surface area contributed by atoms with Crippen molar-refractivity contribution in [2.24, 2.45) is 0 Å². The maximum absolute atomic E-state index is 5.74. The number of benzene rings is 1. The van der Waals surface area contributed by atoms with Gasteiger partial charge < -0.3 is 18.9 Å². The lowest BCUT2D eigenvalue weighted by Gasteiger charge is -2.13. The van der Waals surface area contributed by atoms with Crippen molar-refractivity contribution in [3.8, 4) is 5.75 Å². The molecule has 1 aromatic carbocycles. The van der Waals surface area contributed by atoms with Crippen molar-refractivity contribution in [3.63, 3.8) is 0 Å². The third-order valence-electron chi connectivity index (χ3n) is 2.77. The molecule has 108 valence electrons. The normalized spacial score (nSPS) is 10.7. The van der Waals surface area contributed by atoms with Gasteiger partial charge in [-0.3, -0.25) is 0 Å². The van der Waals surface area contributed by atoms with Crippen molar-refractivity contribution in [1.29, 1.82) is 0 Å². The van der Waals surface area contributed by atoms with E-state index in [1.807, 2.05) is 0 Å². The molecule has 0 saturated carbocycles. The number of aryl methyl sites for hydroxylation is 1. The minimum atomic E-state index is 0.537. The van der Waals surface area contributed by atoms with Crippen LogP contribution >= 0.6 is 0 Å². The highest BCUT2D eigenvalue weighted by atomic mass is 16.5. The van der Waals surface area contributed by atoms with Gasteiger partial charge in [-0.05, 0) is 18.1 Å². The molecule has 0 atom stereocenters. The molecule has 0 aliphatic carbocycles. The molecule has 19 heavy (non-hydrogen) atoms. The van der Waals surface area contributed by atoms with Crippen molar-refractivity contribution < 1.29 is 18.9 Å². The fourth-order valence-corrected chi connectivity index (χ4v) is 1.63. The largest absolute Gasteiger partial charge is 0.491 e. The van der Waals surface area contributed by atoms with Crippen LogP contribution in [0.15, 0.2) is 18.2 Å². The zero-order chi connectivity index (χ0) is 13.9. The second-order valence-electron chi connectivity index (χ2n) is 4.18. The van der Waals surface area contributed by atoms with Gasteiger partial charge in [0.1, 0.15) is 12.4 Å². The number of hydrogen-bond acceptors (Lipinski definition) is 4. The van der Waals surface area contributed by atoms with Crippen LogP contribution in [0.2, 0.25) is 0 Å². The van der Waals surface area contributed by atoms with Gasteiger partial charge >= 0.3 is 0 Å². The van der Waals surface area contributed by atoms with Crippen molar-refractivity contribution in [1.82, 2.24) is 0 Å². The first-order chi connectivity index (χ1) is 9.31. The molecule has 0 aromatic heterocycles. The summed E-state index contributed by atoms with van der Waals surface area (Å²) < 4.78 is 21.2. The molecule has 0 radical (unpaired) electrons. The van der Waals surface area contributed by atoms with E-state index < -0.39 is 0 Å². The van der Waals surface area contributed by atoms with Gasteiger partial charge in [0.2, 0.25) is 0 Å². The molecular weight excluding hydrogens is 244 g/mol. The Morgan fingerprint density at radius 3 is 2.37 bits per heavy atom. The number of hydrogen-bond donors (Lipinski definition) is 0. The molecule has 4 nitrogen and oxygen atoms in total. The van der Waals surface area contributed by atoms with Gasteiger partial charge in [-0.15, -0.1) is 0 Å². The van der Waals surface area contributed by atoms with E-state index in [0.29, 0.717) is 33.0 Å². The van der Waals surface area contributed by atoms with Crippen LogP contribution in [-0.2, 0) is 27.2 Å². The number of rotatable bonds is 10. The second kappa shape index (κ2) is 9.78. The topological polar surface area (TPSA) is 36.9 Å². The van der Waals surface area contributed by atoms with E-state index in [9.17, 15) is 0 Å². The first-order valence-electron chi connectivity index (χ1n) is 6.62. The Balaban J connectivity index is 2.60. The van der Waals surface area contributed by atoms with E-state index in [4.69, 9.17) is 18.9 Å². The third kappa shape index (κ3) is 6.05. The van der Waals surface area contributed by atoms with E-state index in [0.717, 1.165) is 17.7 Å². The maximum atomic E-state index is 5.74. The lowest BCUT2D eigenvalue weighted by Crippen LogP contribution is -2.08. The highest BCUT2D eigenvalue weighted by molar-refractivity contribution is 5.37. The maximum Gasteiger partial charge on any atom is 0.125 e. The van der Waals surface area contributed by atoms with Gasteiger partial charge in [0.05, 0.1) is 26.4 Å². The molecule has 0 aliphatic heterocycles. The first-order valence-corrected chi connectivity index (χ1v) is 6.62. The summed E-state index contributed by atoms with van der Waals surface area (Å²) in [5.41, 5.74) is 2.32. The van der Waals surface area contributed by atoms with Crippen LogP contribution in [0.25, 0.3) is 0 Å². The summed E-state index contributed by atoms with van der Waals surface area (Å²) in [5, 5.41) is 0. The molecule has 0 spiro atoms. The van der Waals surface area contributed by atoms with Gasteiger partial charge in [-0.1, -0.05) is 19.1 Å². The summed E-state index contributed by atoms with van der Waals surface area (Å²) in [4.78, 5) is 0. The Bertz CT molecular complexity index is 352. The lowest BCUT2D eigenvalue weighted by molar-refractivity contribution is 0.0600.